The van der Waals surface area contributed by atoms with E-state index in [1.807, 2.05) is 24.6 Å². The zero-order valence-corrected chi connectivity index (χ0v) is 15.8. The lowest BCUT2D eigenvalue weighted by Crippen LogP contribution is -2.38. The van der Waals surface area contributed by atoms with Crippen molar-refractivity contribution in [3.05, 3.63) is 46.8 Å². The van der Waals surface area contributed by atoms with Crippen molar-refractivity contribution in [2.75, 3.05) is 20.3 Å². The number of hydrogen-bond acceptors (Lipinski definition) is 4. The zero-order valence-electron chi connectivity index (χ0n) is 15.8. The fraction of sp³-hybridized carbons (Fsp3) is 0.500. The van der Waals surface area contributed by atoms with Crippen LogP contribution in [0.5, 0.6) is 0 Å². The topological polar surface area (TPSA) is 76.4 Å². The van der Waals surface area contributed by atoms with Crippen molar-refractivity contribution in [1.29, 1.82) is 0 Å². The fourth-order valence-electron chi connectivity index (χ4n) is 2.34. The van der Waals surface area contributed by atoms with Gasteiger partial charge in [-0.15, -0.1) is 10.2 Å². The van der Waals surface area contributed by atoms with E-state index in [0.717, 1.165) is 30.2 Å². The molecule has 0 fully saturated rings. The van der Waals surface area contributed by atoms with E-state index in [0.29, 0.717) is 31.2 Å². The molecule has 2 rings (SSSR count). The lowest BCUT2D eigenvalue weighted by molar-refractivity contribution is 0.195. The van der Waals surface area contributed by atoms with Crippen LogP contribution in [0.4, 0.5) is 4.39 Å². The number of halogens is 1. The summed E-state index contributed by atoms with van der Waals surface area (Å²) in [4.78, 5) is 4.59. The van der Waals surface area contributed by atoms with E-state index in [4.69, 9.17) is 4.74 Å². The van der Waals surface area contributed by atoms with Crippen LogP contribution >= 0.6 is 0 Å². The molecule has 0 bridgehead atoms. The van der Waals surface area contributed by atoms with Gasteiger partial charge in [0.2, 0.25) is 0 Å². The van der Waals surface area contributed by atoms with Gasteiger partial charge in [0, 0.05) is 27.3 Å². The number of aryl methyl sites for hydroxylation is 2. The molecule has 0 saturated heterocycles. The maximum Gasteiger partial charge on any atom is 0.191 e. The first-order valence-electron chi connectivity index (χ1n) is 8.62. The van der Waals surface area contributed by atoms with Gasteiger partial charge >= 0.3 is 0 Å². The third kappa shape index (κ3) is 5.80. The van der Waals surface area contributed by atoms with Crippen LogP contribution in [-0.4, -0.2) is 41.0 Å². The first-order valence-corrected chi connectivity index (χ1v) is 8.62. The van der Waals surface area contributed by atoms with Crippen molar-refractivity contribution in [3.63, 3.8) is 0 Å². The van der Waals surface area contributed by atoms with Gasteiger partial charge in [-0.05, 0) is 37.5 Å². The SMILES string of the molecule is COCCCNC(=NCc1ccc(F)c(C)c1)NCc1nnc(C)n1C. The van der Waals surface area contributed by atoms with Gasteiger partial charge in [-0.1, -0.05) is 12.1 Å². The molecule has 0 aliphatic carbocycles. The Morgan fingerprint density at radius 3 is 2.73 bits per heavy atom. The standard InChI is InChI=1S/C18H27FN6O/c1-13-10-15(6-7-16(13)19)11-21-18(20-8-5-9-26-4)22-12-17-24-23-14(2)25(17)3/h6-7,10H,5,8-9,11-12H2,1-4H3,(H2,20,21,22). The number of nitrogens with one attached hydrogen (secondary N) is 2. The summed E-state index contributed by atoms with van der Waals surface area (Å²) in [6, 6.07) is 5.04. The fourth-order valence-corrected chi connectivity index (χ4v) is 2.34. The molecule has 0 unspecified atom stereocenters. The summed E-state index contributed by atoms with van der Waals surface area (Å²) in [5.41, 5.74) is 1.58. The van der Waals surface area contributed by atoms with Crippen LogP contribution in [0.3, 0.4) is 0 Å². The van der Waals surface area contributed by atoms with Gasteiger partial charge in [-0.2, -0.15) is 0 Å². The van der Waals surface area contributed by atoms with Crippen LogP contribution in [-0.2, 0) is 24.9 Å². The second kappa shape index (κ2) is 9.86. The summed E-state index contributed by atoms with van der Waals surface area (Å²) in [6.45, 7) is 6.04. The van der Waals surface area contributed by atoms with E-state index in [1.165, 1.54) is 6.07 Å². The Kier molecular flexibility index (Phi) is 7.53. The molecule has 8 heteroatoms. The first-order chi connectivity index (χ1) is 12.5. The molecular formula is C18H27FN6O. The van der Waals surface area contributed by atoms with Gasteiger partial charge in [0.1, 0.15) is 11.6 Å². The van der Waals surface area contributed by atoms with Crippen LogP contribution < -0.4 is 10.6 Å². The van der Waals surface area contributed by atoms with Crippen molar-refractivity contribution < 1.29 is 9.13 Å². The smallest absolute Gasteiger partial charge is 0.191 e. The Labute approximate surface area is 153 Å². The molecule has 0 saturated carbocycles. The molecule has 1 aromatic carbocycles. The van der Waals surface area contributed by atoms with Crippen molar-refractivity contribution >= 4 is 5.96 Å². The molecule has 0 spiro atoms. The van der Waals surface area contributed by atoms with Gasteiger partial charge in [0.25, 0.3) is 0 Å². The zero-order chi connectivity index (χ0) is 18.9. The molecule has 0 radical (unpaired) electrons. The quantitative estimate of drug-likeness (QED) is 0.426. The lowest BCUT2D eigenvalue weighted by atomic mass is 10.1. The highest BCUT2D eigenvalue weighted by Gasteiger charge is 2.06. The number of aromatic nitrogens is 3. The summed E-state index contributed by atoms with van der Waals surface area (Å²) < 4.78 is 20.4. The summed E-state index contributed by atoms with van der Waals surface area (Å²) in [5, 5.41) is 14.7. The van der Waals surface area contributed by atoms with E-state index >= 15 is 0 Å². The summed E-state index contributed by atoms with van der Waals surface area (Å²) >= 11 is 0. The number of benzene rings is 1. The second-order valence-corrected chi connectivity index (χ2v) is 6.10. The average molecular weight is 362 g/mol. The van der Waals surface area contributed by atoms with Crippen LogP contribution in [0.25, 0.3) is 0 Å². The number of ether oxygens (including phenoxy) is 1. The van der Waals surface area contributed by atoms with Crippen molar-refractivity contribution in [2.24, 2.45) is 12.0 Å². The average Bonchev–Trinajstić information content (AvgIpc) is 2.95. The third-order valence-corrected chi connectivity index (χ3v) is 4.06. The largest absolute Gasteiger partial charge is 0.385 e. The molecule has 1 aromatic heterocycles. The van der Waals surface area contributed by atoms with Gasteiger partial charge in [-0.3, -0.25) is 0 Å². The maximum atomic E-state index is 13.4. The highest BCUT2D eigenvalue weighted by atomic mass is 19.1. The Bertz CT molecular complexity index is 743. The lowest BCUT2D eigenvalue weighted by Gasteiger charge is -2.12. The summed E-state index contributed by atoms with van der Waals surface area (Å²) in [5.74, 6) is 2.15. The van der Waals surface area contributed by atoms with Gasteiger partial charge < -0.3 is 19.9 Å². The van der Waals surface area contributed by atoms with Crippen molar-refractivity contribution in [3.8, 4) is 0 Å². The molecule has 0 aliphatic heterocycles. The van der Waals surface area contributed by atoms with Crippen molar-refractivity contribution in [2.45, 2.75) is 33.4 Å². The second-order valence-electron chi connectivity index (χ2n) is 6.10. The number of rotatable bonds is 8. The van der Waals surface area contributed by atoms with E-state index in [2.05, 4.69) is 25.8 Å². The molecule has 26 heavy (non-hydrogen) atoms. The Balaban J connectivity index is 2.01. The molecule has 2 N–H and O–H groups in total. The van der Waals surface area contributed by atoms with Crippen LogP contribution in [0.2, 0.25) is 0 Å². The highest BCUT2D eigenvalue weighted by molar-refractivity contribution is 5.79. The van der Waals surface area contributed by atoms with E-state index in [9.17, 15) is 4.39 Å². The normalized spacial score (nSPS) is 11.7. The molecule has 2 aromatic rings. The summed E-state index contributed by atoms with van der Waals surface area (Å²) in [7, 11) is 3.61. The molecular weight excluding hydrogens is 335 g/mol. The minimum atomic E-state index is -0.202. The van der Waals surface area contributed by atoms with Crippen LogP contribution in [0.15, 0.2) is 23.2 Å². The minimum Gasteiger partial charge on any atom is -0.385 e. The molecule has 0 amide bonds. The number of methoxy groups -OCH3 is 1. The van der Waals surface area contributed by atoms with E-state index in [-0.39, 0.29) is 5.82 Å². The predicted octanol–water partition coefficient (Wildman–Crippen LogP) is 1.84. The third-order valence-electron chi connectivity index (χ3n) is 4.06. The number of hydrogen-bond donors (Lipinski definition) is 2. The number of aliphatic imine (C=N–C) groups is 1. The number of guanidine groups is 1. The molecule has 0 aliphatic rings. The molecule has 1 heterocycles. The predicted molar refractivity (Wildman–Crippen MR) is 99.4 cm³/mol. The monoisotopic (exact) mass is 362 g/mol. The minimum absolute atomic E-state index is 0.202. The number of nitrogens with zero attached hydrogens (tertiary/aromatic N) is 4. The van der Waals surface area contributed by atoms with Gasteiger partial charge in [0.05, 0.1) is 13.1 Å². The van der Waals surface area contributed by atoms with E-state index in [1.54, 1.807) is 20.1 Å². The van der Waals surface area contributed by atoms with Crippen molar-refractivity contribution in [1.82, 2.24) is 25.4 Å². The molecule has 142 valence electrons. The first kappa shape index (κ1) is 19.8. The maximum absolute atomic E-state index is 13.4. The highest BCUT2D eigenvalue weighted by Crippen LogP contribution is 2.10. The van der Waals surface area contributed by atoms with Gasteiger partial charge in [-0.25, -0.2) is 9.38 Å². The Morgan fingerprint density at radius 2 is 2.08 bits per heavy atom. The molecule has 7 nitrogen and oxygen atoms in total. The van der Waals surface area contributed by atoms with Gasteiger partial charge in [0.15, 0.2) is 11.8 Å². The molecule has 0 atom stereocenters. The van der Waals surface area contributed by atoms with Crippen LogP contribution in [0, 0.1) is 19.7 Å². The van der Waals surface area contributed by atoms with Crippen LogP contribution in [0.1, 0.15) is 29.2 Å². The Hall–Kier alpha value is -2.48. The Morgan fingerprint density at radius 1 is 1.27 bits per heavy atom. The summed E-state index contributed by atoms with van der Waals surface area (Å²) in [6.07, 6.45) is 0.871. The van der Waals surface area contributed by atoms with E-state index < -0.39 is 0 Å².